The lowest BCUT2D eigenvalue weighted by molar-refractivity contribution is -0.274. The molecule has 29 heavy (non-hydrogen) atoms. The van der Waals surface area contributed by atoms with E-state index in [0.29, 0.717) is 17.3 Å². The van der Waals surface area contributed by atoms with Gasteiger partial charge in [0, 0.05) is 35.0 Å². The van der Waals surface area contributed by atoms with Crippen LogP contribution in [0.5, 0.6) is 5.75 Å². The zero-order valence-electron chi connectivity index (χ0n) is 16.2. The average Bonchev–Trinajstić information content (AvgIpc) is 3.03. The number of ether oxygens (including phenoxy) is 1. The van der Waals surface area contributed by atoms with Crippen LogP contribution in [0.15, 0.2) is 24.3 Å². The van der Waals surface area contributed by atoms with Crippen LogP contribution in [0.3, 0.4) is 0 Å². The van der Waals surface area contributed by atoms with E-state index in [1.165, 1.54) is 18.2 Å². The number of rotatable bonds is 5. The van der Waals surface area contributed by atoms with Crippen LogP contribution in [-0.2, 0) is 4.79 Å². The monoisotopic (exact) mass is 411 g/mol. The third kappa shape index (κ3) is 5.65. The summed E-state index contributed by atoms with van der Waals surface area (Å²) in [5.41, 5.74) is 0.618. The van der Waals surface area contributed by atoms with Crippen molar-refractivity contribution in [1.29, 1.82) is 0 Å². The zero-order valence-corrected chi connectivity index (χ0v) is 16.2. The topological polar surface area (TPSA) is 83.2 Å². The van der Waals surface area contributed by atoms with Crippen molar-refractivity contribution in [3.8, 4) is 5.75 Å². The number of hydrogen-bond donors (Lipinski definition) is 3. The van der Waals surface area contributed by atoms with Gasteiger partial charge in [-0.25, -0.2) is 0 Å². The number of amides is 2. The minimum Gasteiger partial charge on any atom is -0.406 e. The van der Waals surface area contributed by atoms with E-state index in [0.717, 1.165) is 19.3 Å². The quantitative estimate of drug-likeness (QED) is 0.698. The van der Waals surface area contributed by atoms with Crippen LogP contribution >= 0.6 is 0 Å². The highest BCUT2D eigenvalue weighted by molar-refractivity contribution is 5.98. The average molecular weight is 411 g/mol. The van der Waals surface area contributed by atoms with Crippen LogP contribution < -0.4 is 15.4 Å². The number of benzene rings is 1. The van der Waals surface area contributed by atoms with Gasteiger partial charge in [0.1, 0.15) is 11.4 Å². The second-order valence-electron chi connectivity index (χ2n) is 7.68. The first-order valence-corrected chi connectivity index (χ1v) is 9.60. The van der Waals surface area contributed by atoms with E-state index in [2.05, 4.69) is 20.4 Å². The van der Waals surface area contributed by atoms with E-state index in [4.69, 9.17) is 0 Å². The van der Waals surface area contributed by atoms with E-state index in [1.807, 2.05) is 13.8 Å². The lowest BCUT2D eigenvalue weighted by atomic mass is 9.85. The Morgan fingerprint density at radius 3 is 2.66 bits per heavy atom. The molecule has 0 aliphatic heterocycles. The highest BCUT2D eigenvalue weighted by Crippen LogP contribution is 2.28. The number of nitrogens with one attached hydrogen (secondary N) is 3. The molecule has 1 heterocycles. The number of H-pyrrole nitrogens is 1. The summed E-state index contributed by atoms with van der Waals surface area (Å²) in [6.07, 6.45) is -1.81. The maximum Gasteiger partial charge on any atom is 0.573 e. The standard InChI is InChI=1S/C20H24F3N3O3/c1-11(2)24-18(27)13-4-3-5-14(8-13)25-19(28)17-9-12-6-7-15(10-16(12)26-17)29-20(21,22)23/h6-7,9-11,13-14,26H,3-5,8H2,1-2H3,(H,24,27)(H,25,28). The lowest BCUT2D eigenvalue weighted by Gasteiger charge is -2.29. The van der Waals surface area contributed by atoms with E-state index in [1.54, 1.807) is 6.07 Å². The smallest absolute Gasteiger partial charge is 0.406 e. The molecule has 6 nitrogen and oxygen atoms in total. The van der Waals surface area contributed by atoms with Crippen molar-refractivity contribution in [3.05, 3.63) is 30.0 Å². The molecule has 3 N–H and O–H groups in total. The Labute approximate surface area is 166 Å². The van der Waals surface area contributed by atoms with Crippen LogP contribution in [0.4, 0.5) is 13.2 Å². The Morgan fingerprint density at radius 1 is 1.21 bits per heavy atom. The molecule has 0 spiro atoms. The van der Waals surface area contributed by atoms with Crippen molar-refractivity contribution in [2.75, 3.05) is 0 Å². The molecule has 1 fully saturated rings. The molecule has 2 atom stereocenters. The molecule has 158 valence electrons. The van der Waals surface area contributed by atoms with Gasteiger partial charge < -0.3 is 20.4 Å². The van der Waals surface area contributed by atoms with Crippen molar-refractivity contribution in [2.45, 2.75) is 58.0 Å². The van der Waals surface area contributed by atoms with Gasteiger partial charge in [0.05, 0.1) is 0 Å². The van der Waals surface area contributed by atoms with E-state index < -0.39 is 6.36 Å². The molecule has 9 heteroatoms. The number of carbonyl (C=O) groups excluding carboxylic acids is 2. The summed E-state index contributed by atoms with van der Waals surface area (Å²) in [5.74, 6) is -0.845. The van der Waals surface area contributed by atoms with Gasteiger partial charge in [0.15, 0.2) is 0 Å². The number of aromatic amines is 1. The molecule has 2 unspecified atom stereocenters. The third-order valence-electron chi connectivity index (χ3n) is 4.88. The summed E-state index contributed by atoms with van der Waals surface area (Å²) >= 11 is 0. The van der Waals surface area contributed by atoms with Crippen molar-refractivity contribution in [2.24, 2.45) is 5.92 Å². The van der Waals surface area contributed by atoms with Gasteiger partial charge in [-0.2, -0.15) is 0 Å². The lowest BCUT2D eigenvalue weighted by Crippen LogP contribution is -2.43. The summed E-state index contributed by atoms with van der Waals surface area (Å²) in [7, 11) is 0. The van der Waals surface area contributed by atoms with Gasteiger partial charge in [-0.05, 0) is 51.3 Å². The number of hydrogen-bond acceptors (Lipinski definition) is 3. The Kier molecular flexibility index (Phi) is 6.04. The first-order chi connectivity index (χ1) is 13.6. The van der Waals surface area contributed by atoms with Crippen LogP contribution in [0.1, 0.15) is 50.0 Å². The second-order valence-corrected chi connectivity index (χ2v) is 7.68. The largest absolute Gasteiger partial charge is 0.573 e. The summed E-state index contributed by atoms with van der Waals surface area (Å²) in [6, 6.07) is 5.37. The predicted molar refractivity (Wildman–Crippen MR) is 101 cm³/mol. The van der Waals surface area contributed by atoms with Gasteiger partial charge in [-0.3, -0.25) is 9.59 Å². The molecule has 0 bridgehead atoms. The summed E-state index contributed by atoms with van der Waals surface area (Å²) in [6.45, 7) is 3.81. The van der Waals surface area contributed by atoms with Crippen molar-refractivity contribution in [3.63, 3.8) is 0 Å². The van der Waals surface area contributed by atoms with Gasteiger partial charge in [-0.15, -0.1) is 13.2 Å². The van der Waals surface area contributed by atoms with Gasteiger partial charge in [0.25, 0.3) is 5.91 Å². The van der Waals surface area contributed by atoms with E-state index >= 15 is 0 Å². The predicted octanol–water partition coefficient (Wildman–Crippen LogP) is 3.88. The highest BCUT2D eigenvalue weighted by atomic mass is 19.4. The molecule has 1 aliphatic rings. The molecule has 1 aliphatic carbocycles. The van der Waals surface area contributed by atoms with Crippen LogP contribution in [0, 0.1) is 5.92 Å². The minimum absolute atomic E-state index is 0.00163. The van der Waals surface area contributed by atoms with Crippen molar-refractivity contribution < 1.29 is 27.5 Å². The summed E-state index contributed by atoms with van der Waals surface area (Å²) < 4.78 is 41.0. The third-order valence-corrected chi connectivity index (χ3v) is 4.88. The van der Waals surface area contributed by atoms with E-state index in [-0.39, 0.29) is 41.3 Å². The molecule has 0 radical (unpaired) electrons. The number of aromatic nitrogens is 1. The number of halogens is 3. The van der Waals surface area contributed by atoms with Crippen molar-refractivity contribution in [1.82, 2.24) is 15.6 Å². The first kappa shape index (κ1) is 21.0. The Morgan fingerprint density at radius 2 is 1.97 bits per heavy atom. The van der Waals surface area contributed by atoms with Gasteiger partial charge in [0.2, 0.25) is 5.91 Å². The molecule has 2 aromatic rings. The van der Waals surface area contributed by atoms with E-state index in [9.17, 15) is 22.8 Å². The van der Waals surface area contributed by atoms with Crippen LogP contribution in [0.2, 0.25) is 0 Å². The zero-order chi connectivity index (χ0) is 21.2. The Bertz CT molecular complexity index is 892. The molecule has 3 rings (SSSR count). The summed E-state index contributed by atoms with van der Waals surface area (Å²) in [5, 5.41) is 6.43. The van der Waals surface area contributed by atoms with Gasteiger partial charge in [-0.1, -0.05) is 6.42 Å². The van der Waals surface area contributed by atoms with Crippen LogP contribution in [0.25, 0.3) is 10.9 Å². The normalized spacial score (nSPS) is 19.9. The number of alkyl halides is 3. The fourth-order valence-corrected chi connectivity index (χ4v) is 3.65. The van der Waals surface area contributed by atoms with Crippen LogP contribution in [-0.4, -0.2) is 35.2 Å². The Hall–Kier alpha value is -2.71. The molecular weight excluding hydrogens is 387 g/mol. The van der Waals surface area contributed by atoms with Crippen molar-refractivity contribution >= 4 is 22.7 Å². The molecule has 1 saturated carbocycles. The fourth-order valence-electron chi connectivity index (χ4n) is 3.65. The molecule has 0 saturated heterocycles. The maximum atomic E-state index is 12.6. The number of fused-ring (bicyclic) bond motifs is 1. The SMILES string of the molecule is CC(C)NC(=O)C1CCCC(NC(=O)c2cc3ccc(OC(F)(F)F)cc3[nH]2)C1. The highest BCUT2D eigenvalue weighted by Gasteiger charge is 2.31. The maximum absolute atomic E-state index is 12.6. The number of carbonyl (C=O) groups is 2. The first-order valence-electron chi connectivity index (χ1n) is 9.60. The molecular formula is C20H24F3N3O3. The molecule has 1 aromatic carbocycles. The minimum atomic E-state index is -4.78. The summed E-state index contributed by atoms with van der Waals surface area (Å²) in [4.78, 5) is 27.7. The molecule has 1 aromatic heterocycles. The Balaban J connectivity index is 1.65. The molecule has 2 amide bonds. The van der Waals surface area contributed by atoms with Gasteiger partial charge >= 0.3 is 6.36 Å². The second kappa shape index (κ2) is 8.34. The fraction of sp³-hybridized carbons (Fsp3) is 0.500.